The van der Waals surface area contributed by atoms with E-state index in [2.05, 4.69) is 45.0 Å². The quantitative estimate of drug-likeness (QED) is 0.740. The van der Waals surface area contributed by atoms with E-state index < -0.39 is 6.17 Å². The van der Waals surface area contributed by atoms with E-state index in [1.54, 1.807) is 11.3 Å². The summed E-state index contributed by atoms with van der Waals surface area (Å²) in [6.45, 7) is 5.97. The highest BCUT2D eigenvalue weighted by atomic mass is 32.1. The molecule has 4 rings (SSSR count). The number of thiazole rings is 1. The van der Waals surface area contributed by atoms with Gasteiger partial charge in [0, 0.05) is 43.1 Å². The van der Waals surface area contributed by atoms with Gasteiger partial charge in [0.05, 0.1) is 10.4 Å². The van der Waals surface area contributed by atoms with Crippen LogP contribution in [-0.4, -0.2) is 40.7 Å². The van der Waals surface area contributed by atoms with E-state index >= 15 is 0 Å². The molecule has 1 N–H and O–H groups in total. The Morgan fingerprint density at radius 3 is 3.00 bits per heavy atom. The van der Waals surface area contributed by atoms with Crippen molar-refractivity contribution in [1.82, 2.24) is 14.9 Å². The Kier molecular flexibility index (Phi) is 4.46. The third-order valence-electron chi connectivity index (χ3n) is 4.37. The van der Waals surface area contributed by atoms with Gasteiger partial charge in [-0.05, 0) is 29.5 Å². The molecule has 4 nitrogen and oxygen atoms in total. The van der Waals surface area contributed by atoms with Crippen molar-refractivity contribution in [3.05, 3.63) is 54.4 Å². The molecule has 2 aromatic heterocycles. The predicted octanol–water partition coefficient (Wildman–Crippen LogP) is 4.33. The van der Waals surface area contributed by atoms with Crippen molar-refractivity contribution in [1.29, 1.82) is 0 Å². The maximum atomic E-state index is 13.3. The number of hydrogen-bond acceptors (Lipinski definition) is 5. The van der Waals surface area contributed by atoms with Crippen molar-refractivity contribution in [2.45, 2.75) is 12.6 Å². The van der Waals surface area contributed by atoms with Gasteiger partial charge in [-0.2, -0.15) is 0 Å². The summed E-state index contributed by atoms with van der Waals surface area (Å²) in [6, 6.07) is 8.32. The highest BCUT2D eigenvalue weighted by Crippen LogP contribution is 2.28. The largest absolute Gasteiger partial charge is 0.343 e. The lowest BCUT2D eigenvalue weighted by molar-refractivity contribution is 0.303. The molecule has 0 radical (unpaired) electrons. The fourth-order valence-electron chi connectivity index (χ4n) is 3.14. The molecule has 3 heterocycles. The van der Waals surface area contributed by atoms with E-state index in [1.807, 2.05) is 24.0 Å². The van der Waals surface area contributed by atoms with Crippen LogP contribution in [0.4, 0.5) is 10.2 Å². The summed E-state index contributed by atoms with van der Waals surface area (Å²) in [4.78, 5) is 11.8. The van der Waals surface area contributed by atoms with Gasteiger partial charge in [-0.15, -0.1) is 11.3 Å². The van der Waals surface area contributed by atoms with Crippen LogP contribution in [-0.2, 0) is 0 Å². The van der Waals surface area contributed by atoms with Crippen molar-refractivity contribution < 1.29 is 4.39 Å². The zero-order valence-electron chi connectivity index (χ0n) is 13.8. The van der Waals surface area contributed by atoms with Crippen molar-refractivity contribution in [2.75, 3.05) is 25.0 Å². The van der Waals surface area contributed by atoms with Gasteiger partial charge in [0.25, 0.3) is 0 Å². The summed E-state index contributed by atoms with van der Waals surface area (Å²) in [5.74, 6) is 0.759. The number of benzene rings is 1. The topological polar surface area (TPSA) is 41.0 Å². The predicted molar refractivity (Wildman–Crippen MR) is 102 cm³/mol. The van der Waals surface area contributed by atoms with Crippen LogP contribution in [0, 0.1) is 0 Å². The van der Waals surface area contributed by atoms with Gasteiger partial charge in [0.2, 0.25) is 0 Å². The normalized spacial score (nSPS) is 17.9. The second-order valence-electron chi connectivity index (χ2n) is 6.35. The standard InChI is InChI=1S/C19H19FN4S/c1-13(10-24-5-4-17(20)11-24)23-19-7-16-6-14(18-9-21-12-25-18)2-3-15(16)8-22-19/h2-3,6-9,12,17H,1,4-5,10-11H2,(H,22,23)/t17-/m1/s1. The van der Waals surface area contributed by atoms with Crippen LogP contribution in [0.15, 0.2) is 54.4 Å². The molecule has 3 aromatic rings. The third-order valence-corrected chi connectivity index (χ3v) is 5.19. The van der Waals surface area contributed by atoms with Gasteiger partial charge >= 0.3 is 0 Å². The number of alkyl halides is 1. The van der Waals surface area contributed by atoms with Crippen molar-refractivity contribution in [3.63, 3.8) is 0 Å². The third kappa shape index (κ3) is 3.70. The van der Waals surface area contributed by atoms with Crippen LogP contribution in [0.5, 0.6) is 0 Å². The van der Waals surface area contributed by atoms with Crippen LogP contribution in [0.2, 0.25) is 0 Å². The summed E-state index contributed by atoms with van der Waals surface area (Å²) in [5, 5.41) is 5.45. The first-order chi connectivity index (χ1) is 12.2. The molecule has 128 valence electrons. The number of fused-ring (bicyclic) bond motifs is 1. The summed E-state index contributed by atoms with van der Waals surface area (Å²) in [7, 11) is 0. The Bertz CT molecular complexity index is 894. The van der Waals surface area contributed by atoms with Gasteiger partial charge in [0.15, 0.2) is 0 Å². The second-order valence-corrected chi connectivity index (χ2v) is 7.23. The Morgan fingerprint density at radius 1 is 1.32 bits per heavy atom. The average molecular weight is 354 g/mol. The molecule has 1 fully saturated rings. The molecule has 0 unspecified atom stereocenters. The first-order valence-corrected chi connectivity index (χ1v) is 9.15. The van der Waals surface area contributed by atoms with Crippen LogP contribution in [0.3, 0.4) is 0 Å². The fraction of sp³-hybridized carbons (Fsp3) is 0.263. The van der Waals surface area contributed by atoms with Crippen LogP contribution < -0.4 is 5.32 Å². The summed E-state index contributed by atoms with van der Waals surface area (Å²) in [5.41, 5.74) is 3.82. The van der Waals surface area contributed by atoms with Gasteiger partial charge in [-0.25, -0.2) is 9.37 Å². The maximum Gasteiger partial charge on any atom is 0.130 e. The lowest BCUT2D eigenvalue weighted by Gasteiger charge is -2.17. The Hall–Kier alpha value is -2.31. The number of anilines is 1. The molecule has 0 aliphatic carbocycles. The van der Waals surface area contributed by atoms with Crippen LogP contribution >= 0.6 is 11.3 Å². The molecular weight excluding hydrogens is 335 g/mol. The molecule has 1 aliphatic rings. The van der Waals surface area contributed by atoms with Crippen molar-refractivity contribution in [3.8, 4) is 10.4 Å². The molecule has 1 saturated heterocycles. The monoisotopic (exact) mass is 354 g/mol. The molecule has 1 aromatic carbocycles. The van der Waals surface area contributed by atoms with E-state index in [4.69, 9.17) is 0 Å². The molecule has 0 spiro atoms. The number of halogens is 1. The van der Waals surface area contributed by atoms with Crippen molar-refractivity contribution in [2.24, 2.45) is 0 Å². The van der Waals surface area contributed by atoms with Crippen molar-refractivity contribution >= 4 is 27.9 Å². The Morgan fingerprint density at radius 2 is 2.24 bits per heavy atom. The number of nitrogens with zero attached hydrogens (tertiary/aromatic N) is 3. The minimum atomic E-state index is -0.711. The lowest BCUT2D eigenvalue weighted by atomic mass is 10.1. The SMILES string of the molecule is C=C(CN1CC[C@@H](F)C1)Nc1cc2cc(-c3cncs3)ccc2cn1. The molecule has 0 bridgehead atoms. The van der Waals surface area contributed by atoms with E-state index in [-0.39, 0.29) is 0 Å². The van der Waals surface area contributed by atoms with Gasteiger partial charge in [0.1, 0.15) is 12.0 Å². The molecule has 0 saturated carbocycles. The lowest BCUT2D eigenvalue weighted by Crippen LogP contribution is -2.25. The highest BCUT2D eigenvalue weighted by Gasteiger charge is 2.21. The van der Waals surface area contributed by atoms with Gasteiger partial charge < -0.3 is 5.32 Å². The minimum Gasteiger partial charge on any atom is -0.343 e. The number of nitrogens with one attached hydrogen (secondary N) is 1. The minimum absolute atomic E-state index is 0.490. The second kappa shape index (κ2) is 6.90. The van der Waals surface area contributed by atoms with Gasteiger partial charge in [-0.1, -0.05) is 18.7 Å². The van der Waals surface area contributed by atoms with Gasteiger partial charge in [-0.3, -0.25) is 9.88 Å². The van der Waals surface area contributed by atoms with E-state index in [1.165, 1.54) is 0 Å². The number of likely N-dealkylation sites (tertiary alicyclic amines) is 1. The average Bonchev–Trinajstić information content (AvgIpc) is 3.26. The number of rotatable bonds is 5. The highest BCUT2D eigenvalue weighted by molar-refractivity contribution is 7.13. The molecule has 1 atom stereocenters. The molecule has 0 amide bonds. The first-order valence-electron chi connectivity index (χ1n) is 8.27. The number of pyridine rings is 1. The molecule has 6 heteroatoms. The maximum absolute atomic E-state index is 13.3. The first kappa shape index (κ1) is 16.2. The van der Waals surface area contributed by atoms with Crippen LogP contribution in [0.25, 0.3) is 21.2 Å². The molecule has 1 aliphatic heterocycles. The van der Waals surface area contributed by atoms with E-state index in [9.17, 15) is 4.39 Å². The number of hydrogen-bond donors (Lipinski definition) is 1. The Labute approximate surface area is 150 Å². The zero-order chi connectivity index (χ0) is 17.2. The van der Waals surface area contributed by atoms with E-state index in [0.29, 0.717) is 19.5 Å². The fourth-order valence-corrected chi connectivity index (χ4v) is 3.76. The molecule has 25 heavy (non-hydrogen) atoms. The summed E-state index contributed by atoms with van der Waals surface area (Å²) < 4.78 is 13.3. The van der Waals surface area contributed by atoms with Crippen LogP contribution in [0.1, 0.15) is 6.42 Å². The number of aromatic nitrogens is 2. The summed E-state index contributed by atoms with van der Waals surface area (Å²) >= 11 is 1.62. The smallest absolute Gasteiger partial charge is 0.130 e. The molecular formula is C19H19FN4S. The van der Waals surface area contributed by atoms with E-state index in [0.717, 1.165) is 39.3 Å². The zero-order valence-corrected chi connectivity index (χ0v) is 14.6. The Balaban J connectivity index is 1.50. The summed E-state index contributed by atoms with van der Waals surface area (Å²) in [6.07, 6.45) is 3.63.